The molecule has 3 unspecified atom stereocenters. The van der Waals surface area contributed by atoms with Crippen LogP contribution in [0.3, 0.4) is 0 Å². The Labute approximate surface area is 99.2 Å². The predicted molar refractivity (Wildman–Crippen MR) is 67.0 cm³/mol. The molecule has 0 aromatic rings. The van der Waals surface area contributed by atoms with Crippen LogP contribution in [0.4, 0.5) is 0 Å². The molecule has 0 bridgehead atoms. The molecule has 0 spiro atoms. The van der Waals surface area contributed by atoms with Gasteiger partial charge in [-0.1, -0.05) is 20.3 Å². The molecule has 3 heteroatoms. The molecule has 0 heterocycles. The minimum Gasteiger partial charge on any atom is -0.353 e. The Balaban J connectivity index is 2.15. The molecule has 16 heavy (non-hydrogen) atoms. The van der Waals surface area contributed by atoms with Gasteiger partial charge in [0.05, 0.1) is 0 Å². The largest absolute Gasteiger partial charge is 0.353 e. The number of carbonyl (C=O) groups is 1. The van der Waals surface area contributed by atoms with Crippen molar-refractivity contribution in [2.24, 2.45) is 17.6 Å². The van der Waals surface area contributed by atoms with Crippen molar-refractivity contribution in [1.29, 1.82) is 0 Å². The Morgan fingerprint density at radius 2 is 2.19 bits per heavy atom. The first kappa shape index (κ1) is 13.5. The van der Waals surface area contributed by atoms with Crippen molar-refractivity contribution in [3.05, 3.63) is 0 Å². The van der Waals surface area contributed by atoms with Gasteiger partial charge in [0.25, 0.3) is 0 Å². The van der Waals surface area contributed by atoms with Crippen LogP contribution in [-0.4, -0.2) is 18.5 Å². The van der Waals surface area contributed by atoms with E-state index in [-0.39, 0.29) is 5.91 Å². The normalized spacial score (nSPS) is 26.7. The molecule has 3 atom stereocenters. The fourth-order valence-corrected chi connectivity index (χ4v) is 2.45. The highest BCUT2D eigenvalue weighted by atomic mass is 16.1. The van der Waals surface area contributed by atoms with Crippen LogP contribution in [0.1, 0.15) is 52.4 Å². The first-order valence-electron chi connectivity index (χ1n) is 6.63. The van der Waals surface area contributed by atoms with Crippen LogP contribution in [0.15, 0.2) is 0 Å². The fourth-order valence-electron chi connectivity index (χ4n) is 2.45. The van der Waals surface area contributed by atoms with Gasteiger partial charge in [-0.25, -0.2) is 0 Å². The van der Waals surface area contributed by atoms with Crippen LogP contribution in [-0.2, 0) is 4.79 Å². The molecule has 0 aromatic carbocycles. The summed E-state index contributed by atoms with van der Waals surface area (Å²) in [5.41, 5.74) is 5.49. The van der Waals surface area contributed by atoms with E-state index in [1.165, 1.54) is 12.8 Å². The van der Waals surface area contributed by atoms with Gasteiger partial charge in [0, 0.05) is 12.5 Å². The van der Waals surface area contributed by atoms with Gasteiger partial charge in [-0.05, 0) is 44.1 Å². The van der Waals surface area contributed by atoms with Crippen LogP contribution in [0.5, 0.6) is 0 Å². The van der Waals surface area contributed by atoms with Crippen LogP contribution >= 0.6 is 0 Å². The molecule has 1 aliphatic carbocycles. The number of hydrogen-bond donors (Lipinski definition) is 2. The average Bonchev–Trinajstić information content (AvgIpc) is 2.62. The maximum Gasteiger partial charge on any atom is 0.220 e. The van der Waals surface area contributed by atoms with Gasteiger partial charge in [-0.3, -0.25) is 4.79 Å². The van der Waals surface area contributed by atoms with Gasteiger partial charge < -0.3 is 11.1 Å². The summed E-state index contributed by atoms with van der Waals surface area (Å²) < 4.78 is 0. The highest BCUT2D eigenvalue weighted by molar-refractivity contribution is 5.76. The molecule has 0 saturated heterocycles. The first-order chi connectivity index (χ1) is 7.63. The third-order valence-electron chi connectivity index (χ3n) is 3.73. The van der Waals surface area contributed by atoms with E-state index < -0.39 is 0 Å². The number of rotatable bonds is 6. The van der Waals surface area contributed by atoms with Crippen molar-refractivity contribution in [1.82, 2.24) is 5.32 Å². The Morgan fingerprint density at radius 1 is 1.44 bits per heavy atom. The van der Waals surface area contributed by atoms with E-state index in [0.717, 1.165) is 25.8 Å². The van der Waals surface area contributed by atoms with Gasteiger partial charge in [0.15, 0.2) is 0 Å². The van der Waals surface area contributed by atoms with Crippen molar-refractivity contribution < 1.29 is 4.79 Å². The third-order valence-corrected chi connectivity index (χ3v) is 3.73. The molecule has 1 fully saturated rings. The highest BCUT2D eigenvalue weighted by Crippen LogP contribution is 2.24. The molecule has 0 aromatic heterocycles. The second-order valence-corrected chi connectivity index (χ2v) is 5.30. The molecule has 1 amide bonds. The van der Waals surface area contributed by atoms with Crippen molar-refractivity contribution in [3.63, 3.8) is 0 Å². The average molecular weight is 226 g/mol. The zero-order chi connectivity index (χ0) is 12.0. The zero-order valence-corrected chi connectivity index (χ0v) is 10.7. The summed E-state index contributed by atoms with van der Waals surface area (Å²) in [5, 5.41) is 3.16. The van der Waals surface area contributed by atoms with E-state index >= 15 is 0 Å². The van der Waals surface area contributed by atoms with Crippen LogP contribution in [0, 0.1) is 11.8 Å². The smallest absolute Gasteiger partial charge is 0.220 e. The summed E-state index contributed by atoms with van der Waals surface area (Å²) in [4.78, 5) is 11.7. The number of amides is 1. The summed E-state index contributed by atoms with van der Waals surface area (Å²) in [6, 6.07) is 0.428. The molecule has 3 N–H and O–H groups in total. The van der Waals surface area contributed by atoms with E-state index in [0.29, 0.717) is 24.3 Å². The van der Waals surface area contributed by atoms with Gasteiger partial charge in [-0.15, -0.1) is 0 Å². The Bertz CT molecular complexity index is 218. The number of carbonyl (C=O) groups excluding carboxylic acids is 1. The molecule has 0 radical (unpaired) electrons. The van der Waals surface area contributed by atoms with Crippen molar-refractivity contribution >= 4 is 5.91 Å². The minimum atomic E-state index is 0.225. The topological polar surface area (TPSA) is 55.1 Å². The van der Waals surface area contributed by atoms with Gasteiger partial charge in [0.1, 0.15) is 0 Å². The molecule has 0 aliphatic heterocycles. The van der Waals surface area contributed by atoms with Crippen LogP contribution in [0.25, 0.3) is 0 Å². The number of hydrogen-bond acceptors (Lipinski definition) is 2. The highest BCUT2D eigenvalue weighted by Gasteiger charge is 2.24. The molecule has 94 valence electrons. The van der Waals surface area contributed by atoms with E-state index in [1.54, 1.807) is 0 Å². The van der Waals surface area contributed by atoms with Crippen molar-refractivity contribution in [2.75, 3.05) is 6.54 Å². The van der Waals surface area contributed by atoms with E-state index in [2.05, 4.69) is 19.2 Å². The summed E-state index contributed by atoms with van der Waals surface area (Å²) >= 11 is 0. The Hall–Kier alpha value is -0.570. The number of nitrogens with one attached hydrogen (secondary N) is 1. The number of nitrogens with two attached hydrogens (primary N) is 1. The standard InChI is InChI=1S/C13H26N2O/c1-10(8-9-14)6-7-13(16)15-12-5-3-4-11(12)2/h10-12H,3-9,14H2,1-2H3,(H,15,16). The lowest BCUT2D eigenvalue weighted by Gasteiger charge is -2.18. The molecule has 1 aliphatic rings. The maximum atomic E-state index is 11.7. The Kier molecular flexibility index (Phi) is 5.81. The quantitative estimate of drug-likeness (QED) is 0.728. The van der Waals surface area contributed by atoms with E-state index in [1.807, 2.05) is 0 Å². The molecular formula is C13H26N2O. The predicted octanol–water partition coefficient (Wildman–Crippen LogP) is 2.06. The van der Waals surface area contributed by atoms with E-state index in [9.17, 15) is 4.79 Å². The summed E-state index contributed by atoms with van der Waals surface area (Å²) in [6.45, 7) is 5.12. The SMILES string of the molecule is CC(CCN)CCC(=O)NC1CCCC1C. The summed E-state index contributed by atoms with van der Waals surface area (Å²) in [5.74, 6) is 1.45. The van der Waals surface area contributed by atoms with Gasteiger partial charge >= 0.3 is 0 Å². The van der Waals surface area contributed by atoms with Crippen molar-refractivity contribution in [2.45, 2.75) is 58.4 Å². The van der Waals surface area contributed by atoms with Gasteiger partial charge in [0.2, 0.25) is 5.91 Å². The molecule has 1 rings (SSSR count). The second-order valence-electron chi connectivity index (χ2n) is 5.30. The molecule has 3 nitrogen and oxygen atoms in total. The summed E-state index contributed by atoms with van der Waals surface area (Å²) in [7, 11) is 0. The maximum absolute atomic E-state index is 11.7. The monoisotopic (exact) mass is 226 g/mol. The summed E-state index contributed by atoms with van der Waals surface area (Å²) in [6.07, 6.45) is 6.32. The van der Waals surface area contributed by atoms with Gasteiger partial charge in [-0.2, -0.15) is 0 Å². The molecule has 1 saturated carbocycles. The first-order valence-corrected chi connectivity index (χ1v) is 6.63. The lowest BCUT2D eigenvalue weighted by Crippen LogP contribution is -2.36. The second kappa shape index (κ2) is 6.89. The third kappa shape index (κ3) is 4.52. The van der Waals surface area contributed by atoms with Crippen LogP contribution in [0.2, 0.25) is 0 Å². The Morgan fingerprint density at radius 3 is 2.75 bits per heavy atom. The molecular weight excluding hydrogens is 200 g/mol. The fraction of sp³-hybridized carbons (Fsp3) is 0.923. The zero-order valence-electron chi connectivity index (χ0n) is 10.7. The van der Waals surface area contributed by atoms with Crippen LogP contribution < -0.4 is 11.1 Å². The minimum absolute atomic E-state index is 0.225. The lowest BCUT2D eigenvalue weighted by molar-refractivity contribution is -0.122. The van der Waals surface area contributed by atoms with Crippen molar-refractivity contribution in [3.8, 4) is 0 Å². The lowest BCUT2D eigenvalue weighted by atomic mass is 10.0. The van der Waals surface area contributed by atoms with E-state index in [4.69, 9.17) is 5.73 Å².